The maximum atomic E-state index is 13.6. The summed E-state index contributed by atoms with van der Waals surface area (Å²) in [5.74, 6) is -0.545. The zero-order valence-corrected chi connectivity index (χ0v) is 16.7. The van der Waals surface area contributed by atoms with Crippen molar-refractivity contribution in [3.8, 4) is 0 Å². The molecule has 0 unspecified atom stereocenters. The average Bonchev–Trinajstić information content (AvgIpc) is 2.70. The number of halogens is 2. The Morgan fingerprint density at radius 1 is 0.964 bits per heavy atom. The maximum Gasteiger partial charge on any atom is 0.225 e. The third kappa shape index (κ3) is 7.08. The molecular formula is C22H27ClFN3O. The van der Waals surface area contributed by atoms with Crippen LogP contribution in [-0.4, -0.2) is 55.0 Å². The SMILES string of the molecule is Cl.O=C(CCN1CCN(CC=Cc2ccccc2)CC1)Nc1ccccc1F. The van der Waals surface area contributed by atoms with Gasteiger partial charge in [0.15, 0.2) is 0 Å². The molecule has 2 aromatic carbocycles. The Bertz CT molecular complexity index is 761. The van der Waals surface area contributed by atoms with E-state index in [1.165, 1.54) is 11.6 Å². The van der Waals surface area contributed by atoms with Gasteiger partial charge >= 0.3 is 0 Å². The van der Waals surface area contributed by atoms with Crippen molar-refractivity contribution in [1.82, 2.24) is 9.80 Å². The first kappa shape index (κ1) is 22.1. The lowest BCUT2D eigenvalue weighted by Crippen LogP contribution is -2.46. The zero-order valence-electron chi connectivity index (χ0n) is 15.9. The quantitative estimate of drug-likeness (QED) is 0.761. The van der Waals surface area contributed by atoms with Crippen molar-refractivity contribution < 1.29 is 9.18 Å². The van der Waals surface area contributed by atoms with Crippen molar-refractivity contribution in [1.29, 1.82) is 0 Å². The van der Waals surface area contributed by atoms with Crippen LogP contribution in [0.2, 0.25) is 0 Å². The van der Waals surface area contributed by atoms with Gasteiger partial charge in [-0.15, -0.1) is 12.4 Å². The fraction of sp³-hybridized carbons (Fsp3) is 0.318. The Balaban J connectivity index is 0.00000280. The fourth-order valence-electron chi connectivity index (χ4n) is 3.13. The summed E-state index contributed by atoms with van der Waals surface area (Å²) < 4.78 is 13.6. The molecule has 1 aliphatic rings. The second-order valence-corrected chi connectivity index (χ2v) is 6.73. The first-order valence-electron chi connectivity index (χ1n) is 9.41. The van der Waals surface area contributed by atoms with Gasteiger partial charge in [-0.05, 0) is 17.7 Å². The molecule has 1 amide bonds. The predicted molar refractivity (Wildman–Crippen MR) is 115 cm³/mol. The highest BCUT2D eigenvalue weighted by atomic mass is 35.5. The normalized spacial score (nSPS) is 15.3. The van der Waals surface area contributed by atoms with E-state index in [0.717, 1.165) is 32.7 Å². The van der Waals surface area contributed by atoms with Crippen molar-refractivity contribution in [2.45, 2.75) is 6.42 Å². The van der Waals surface area contributed by atoms with E-state index in [9.17, 15) is 9.18 Å². The van der Waals surface area contributed by atoms with Gasteiger partial charge in [0.05, 0.1) is 5.69 Å². The van der Waals surface area contributed by atoms with Crippen molar-refractivity contribution >= 4 is 30.1 Å². The minimum absolute atomic E-state index is 0. The predicted octanol–water partition coefficient (Wildman–Crippen LogP) is 3.91. The van der Waals surface area contributed by atoms with Crippen molar-refractivity contribution in [3.63, 3.8) is 0 Å². The summed E-state index contributed by atoms with van der Waals surface area (Å²) >= 11 is 0. The summed E-state index contributed by atoms with van der Waals surface area (Å²) in [5.41, 5.74) is 1.47. The number of piperazine rings is 1. The number of hydrogen-bond acceptors (Lipinski definition) is 3. The number of hydrogen-bond donors (Lipinski definition) is 1. The van der Waals surface area contributed by atoms with Crippen LogP contribution >= 0.6 is 12.4 Å². The molecule has 0 aliphatic carbocycles. The summed E-state index contributed by atoms with van der Waals surface area (Å²) in [5, 5.41) is 2.64. The van der Waals surface area contributed by atoms with Crippen LogP contribution < -0.4 is 5.32 Å². The summed E-state index contributed by atoms with van der Waals surface area (Å²) in [4.78, 5) is 16.7. The van der Waals surface area contributed by atoms with E-state index >= 15 is 0 Å². The first-order valence-corrected chi connectivity index (χ1v) is 9.41. The van der Waals surface area contributed by atoms with Gasteiger partial charge in [0.25, 0.3) is 0 Å². The molecule has 1 N–H and O–H groups in total. The van der Waals surface area contributed by atoms with Gasteiger partial charge in [-0.25, -0.2) is 4.39 Å². The van der Waals surface area contributed by atoms with E-state index in [1.54, 1.807) is 18.2 Å². The molecule has 0 spiro atoms. The van der Waals surface area contributed by atoms with Crippen molar-refractivity contribution in [3.05, 3.63) is 72.1 Å². The second kappa shape index (κ2) is 11.6. The van der Waals surface area contributed by atoms with Crippen LogP contribution in [0.15, 0.2) is 60.7 Å². The van der Waals surface area contributed by atoms with Crippen LogP contribution in [0.1, 0.15) is 12.0 Å². The summed E-state index contributed by atoms with van der Waals surface area (Å²) in [7, 11) is 0. The summed E-state index contributed by atoms with van der Waals surface area (Å²) in [6.07, 6.45) is 4.73. The lowest BCUT2D eigenvalue weighted by Gasteiger charge is -2.34. The molecule has 0 aromatic heterocycles. The molecule has 1 heterocycles. The monoisotopic (exact) mass is 403 g/mol. The molecule has 150 valence electrons. The molecule has 1 saturated heterocycles. The summed E-state index contributed by atoms with van der Waals surface area (Å²) in [6.45, 7) is 5.53. The number of rotatable bonds is 7. The van der Waals surface area contributed by atoms with E-state index in [0.29, 0.717) is 13.0 Å². The highest BCUT2D eigenvalue weighted by Gasteiger charge is 2.16. The zero-order chi connectivity index (χ0) is 18.9. The molecule has 1 aliphatic heterocycles. The fourth-order valence-corrected chi connectivity index (χ4v) is 3.13. The Kier molecular flexibility index (Phi) is 9.14. The van der Waals surface area contributed by atoms with Gasteiger partial charge in [0, 0.05) is 45.7 Å². The lowest BCUT2D eigenvalue weighted by atomic mass is 10.2. The van der Waals surface area contributed by atoms with E-state index in [1.807, 2.05) is 18.2 Å². The van der Waals surface area contributed by atoms with Gasteiger partial charge in [0.1, 0.15) is 5.82 Å². The number of amides is 1. The molecule has 28 heavy (non-hydrogen) atoms. The smallest absolute Gasteiger partial charge is 0.225 e. The van der Waals surface area contributed by atoms with E-state index in [4.69, 9.17) is 0 Å². The standard InChI is InChI=1S/C22H26FN3O.ClH/c23-20-10-4-5-11-21(20)24-22(27)12-14-26-17-15-25(16-18-26)13-6-9-19-7-2-1-3-8-19;/h1-11H,12-18H2,(H,24,27);1H. The Labute approximate surface area is 172 Å². The molecule has 6 heteroatoms. The number of anilines is 1. The molecule has 3 rings (SSSR count). The highest BCUT2D eigenvalue weighted by molar-refractivity contribution is 5.90. The van der Waals surface area contributed by atoms with Gasteiger partial charge < -0.3 is 10.2 Å². The number of carbonyl (C=O) groups is 1. The minimum atomic E-state index is -0.400. The molecule has 0 atom stereocenters. The minimum Gasteiger partial charge on any atom is -0.324 e. The van der Waals surface area contributed by atoms with Crippen LogP contribution in [0, 0.1) is 5.82 Å². The number of nitrogens with zero attached hydrogens (tertiary/aromatic N) is 2. The van der Waals surface area contributed by atoms with E-state index in [2.05, 4.69) is 39.4 Å². The second-order valence-electron chi connectivity index (χ2n) is 6.73. The number of benzene rings is 2. The molecule has 0 saturated carbocycles. The largest absolute Gasteiger partial charge is 0.324 e. The third-order valence-corrected chi connectivity index (χ3v) is 4.74. The third-order valence-electron chi connectivity index (χ3n) is 4.74. The maximum absolute atomic E-state index is 13.6. The van der Waals surface area contributed by atoms with Gasteiger partial charge in [-0.2, -0.15) is 0 Å². The molecule has 1 fully saturated rings. The average molecular weight is 404 g/mol. The molecule has 0 radical (unpaired) electrons. The van der Waals surface area contributed by atoms with Crippen LogP contribution in [0.25, 0.3) is 6.08 Å². The van der Waals surface area contributed by atoms with E-state index in [-0.39, 0.29) is 24.0 Å². The van der Waals surface area contributed by atoms with E-state index < -0.39 is 5.82 Å². The number of para-hydroxylation sites is 1. The molecular weight excluding hydrogens is 377 g/mol. The molecule has 2 aromatic rings. The van der Waals surface area contributed by atoms with Crippen LogP contribution in [0.3, 0.4) is 0 Å². The van der Waals surface area contributed by atoms with Gasteiger partial charge in [-0.3, -0.25) is 9.69 Å². The van der Waals surface area contributed by atoms with Crippen LogP contribution in [0.4, 0.5) is 10.1 Å². The number of nitrogens with one attached hydrogen (secondary N) is 1. The Hall–Kier alpha value is -2.21. The van der Waals surface area contributed by atoms with Gasteiger partial charge in [-0.1, -0.05) is 54.6 Å². The Morgan fingerprint density at radius 2 is 1.61 bits per heavy atom. The van der Waals surface area contributed by atoms with Crippen LogP contribution in [0.5, 0.6) is 0 Å². The lowest BCUT2D eigenvalue weighted by molar-refractivity contribution is -0.116. The molecule has 0 bridgehead atoms. The van der Waals surface area contributed by atoms with Crippen LogP contribution in [-0.2, 0) is 4.79 Å². The van der Waals surface area contributed by atoms with Crippen molar-refractivity contribution in [2.24, 2.45) is 0 Å². The topological polar surface area (TPSA) is 35.6 Å². The van der Waals surface area contributed by atoms with Crippen molar-refractivity contribution in [2.75, 3.05) is 44.6 Å². The summed E-state index contributed by atoms with van der Waals surface area (Å²) in [6, 6.07) is 16.6. The highest BCUT2D eigenvalue weighted by Crippen LogP contribution is 2.13. The number of carbonyl (C=O) groups excluding carboxylic acids is 1. The van der Waals surface area contributed by atoms with Gasteiger partial charge in [0.2, 0.25) is 5.91 Å². The Morgan fingerprint density at radius 3 is 2.32 bits per heavy atom. The molecule has 4 nitrogen and oxygen atoms in total. The first-order chi connectivity index (χ1) is 13.2.